The summed E-state index contributed by atoms with van der Waals surface area (Å²) in [5, 5.41) is 0. The standard InChI is InChI=1S/C13H14N.Li.H/c1-2-6-12-11(5-1)7-8-13(12)14-9-3-4-10-14;;/h1-2,5-8H,3-4,9-10H2;;. The average Bonchev–Trinajstić information content (AvgIpc) is 2.85. The third kappa shape index (κ3) is 1.93. The average molecular weight is 192 g/mol. The second-order valence-corrected chi connectivity index (χ2v) is 4.00. The molecule has 1 saturated heterocycles. The Bertz CT molecular complexity index is 367. The molecule has 0 N–H and O–H groups in total. The van der Waals surface area contributed by atoms with Gasteiger partial charge in [0.25, 0.3) is 0 Å². The summed E-state index contributed by atoms with van der Waals surface area (Å²) < 4.78 is 0. The SMILES string of the molecule is C1=Cc2ccccc2[C]1N1CCCC1.[LiH]. The first kappa shape index (κ1) is 11.0. The Labute approximate surface area is 103 Å². The van der Waals surface area contributed by atoms with Crippen LogP contribution in [-0.4, -0.2) is 36.9 Å². The van der Waals surface area contributed by atoms with Crippen LogP contribution in [0.1, 0.15) is 24.0 Å². The van der Waals surface area contributed by atoms with E-state index in [0.717, 1.165) is 0 Å². The van der Waals surface area contributed by atoms with Gasteiger partial charge in [-0.3, -0.25) is 4.90 Å². The molecule has 0 saturated carbocycles. The van der Waals surface area contributed by atoms with Gasteiger partial charge >= 0.3 is 18.9 Å². The van der Waals surface area contributed by atoms with Gasteiger partial charge in [-0.1, -0.05) is 36.4 Å². The fourth-order valence-electron chi connectivity index (χ4n) is 2.37. The Morgan fingerprint density at radius 2 is 1.67 bits per heavy atom. The number of rotatable bonds is 1. The van der Waals surface area contributed by atoms with Crippen LogP contribution in [0.2, 0.25) is 0 Å². The van der Waals surface area contributed by atoms with Crippen molar-refractivity contribution in [2.75, 3.05) is 13.1 Å². The van der Waals surface area contributed by atoms with Crippen molar-refractivity contribution in [1.82, 2.24) is 4.90 Å². The molecule has 0 bridgehead atoms. The minimum absolute atomic E-state index is 0. The Kier molecular flexibility index (Phi) is 3.36. The molecule has 1 heterocycles. The second kappa shape index (κ2) is 4.57. The van der Waals surface area contributed by atoms with Crippen LogP contribution >= 0.6 is 0 Å². The molecule has 0 unspecified atom stereocenters. The summed E-state index contributed by atoms with van der Waals surface area (Å²) in [5.41, 5.74) is 2.78. The predicted octanol–water partition coefficient (Wildman–Crippen LogP) is 2.04. The summed E-state index contributed by atoms with van der Waals surface area (Å²) in [6.45, 7) is 2.46. The molecule has 0 spiro atoms. The zero-order chi connectivity index (χ0) is 9.38. The van der Waals surface area contributed by atoms with E-state index in [1.807, 2.05) is 0 Å². The molecule has 0 aromatic heterocycles. The minimum atomic E-state index is 0. The van der Waals surface area contributed by atoms with Gasteiger partial charge in [0, 0.05) is 0 Å². The summed E-state index contributed by atoms with van der Waals surface area (Å²) in [7, 11) is 0. The molecular formula is C13H15LiN. The molecule has 2 aliphatic rings. The molecule has 3 rings (SSSR count). The quantitative estimate of drug-likeness (QED) is 0.615. The Morgan fingerprint density at radius 1 is 0.933 bits per heavy atom. The molecule has 1 aliphatic carbocycles. The van der Waals surface area contributed by atoms with Crippen LogP contribution in [0.25, 0.3) is 6.08 Å². The first-order valence-corrected chi connectivity index (χ1v) is 5.34. The molecule has 1 fully saturated rings. The number of benzene rings is 1. The van der Waals surface area contributed by atoms with Gasteiger partial charge < -0.3 is 0 Å². The summed E-state index contributed by atoms with van der Waals surface area (Å²) in [6, 6.07) is 10.1. The van der Waals surface area contributed by atoms with Gasteiger partial charge in [-0.15, -0.1) is 0 Å². The second-order valence-electron chi connectivity index (χ2n) is 4.00. The maximum atomic E-state index is 2.50. The number of fused-ring (bicyclic) bond motifs is 1. The molecule has 73 valence electrons. The summed E-state index contributed by atoms with van der Waals surface area (Å²) in [5.74, 6) is 0. The molecular weight excluding hydrogens is 177 g/mol. The van der Waals surface area contributed by atoms with Crippen molar-refractivity contribution >= 4 is 24.9 Å². The topological polar surface area (TPSA) is 3.24 Å². The van der Waals surface area contributed by atoms with Crippen molar-refractivity contribution in [3.63, 3.8) is 0 Å². The van der Waals surface area contributed by atoms with Crippen molar-refractivity contribution in [3.8, 4) is 0 Å². The van der Waals surface area contributed by atoms with E-state index in [-0.39, 0.29) is 18.9 Å². The van der Waals surface area contributed by atoms with Crippen molar-refractivity contribution in [3.05, 3.63) is 47.5 Å². The van der Waals surface area contributed by atoms with Crippen molar-refractivity contribution in [2.45, 2.75) is 12.8 Å². The van der Waals surface area contributed by atoms with Gasteiger partial charge in [0.2, 0.25) is 0 Å². The summed E-state index contributed by atoms with van der Waals surface area (Å²) in [6.07, 6.45) is 7.18. The number of likely N-dealkylation sites (tertiary alicyclic amines) is 1. The molecule has 15 heavy (non-hydrogen) atoms. The van der Waals surface area contributed by atoms with E-state index < -0.39 is 0 Å². The third-order valence-electron chi connectivity index (χ3n) is 3.10. The molecule has 2 heteroatoms. The van der Waals surface area contributed by atoms with Crippen LogP contribution in [0, 0.1) is 6.04 Å². The Balaban J connectivity index is 0.000000853. The van der Waals surface area contributed by atoms with Gasteiger partial charge in [0.05, 0.1) is 6.04 Å². The maximum absolute atomic E-state index is 2.50. The first-order valence-electron chi connectivity index (χ1n) is 5.34. The number of hydrogen-bond donors (Lipinski definition) is 0. The monoisotopic (exact) mass is 192 g/mol. The van der Waals surface area contributed by atoms with Crippen LogP contribution in [0.4, 0.5) is 0 Å². The zero-order valence-corrected chi connectivity index (χ0v) is 8.24. The van der Waals surface area contributed by atoms with E-state index in [4.69, 9.17) is 0 Å². The Hall–Kier alpha value is -0.483. The molecule has 0 amide bonds. The number of nitrogens with zero attached hydrogens (tertiary/aromatic N) is 1. The third-order valence-corrected chi connectivity index (χ3v) is 3.10. The van der Waals surface area contributed by atoms with Crippen molar-refractivity contribution in [1.29, 1.82) is 0 Å². The van der Waals surface area contributed by atoms with E-state index >= 15 is 0 Å². The molecule has 1 aliphatic heterocycles. The molecule has 1 radical (unpaired) electrons. The fraction of sp³-hybridized carbons (Fsp3) is 0.308. The van der Waals surface area contributed by atoms with Gasteiger partial charge in [0.15, 0.2) is 0 Å². The fourth-order valence-corrected chi connectivity index (χ4v) is 2.37. The summed E-state index contributed by atoms with van der Waals surface area (Å²) >= 11 is 0. The van der Waals surface area contributed by atoms with E-state index in [1.54, 1.807) is 0 Å². The first-order chi connectivity index (χ1) is 6.95. The van der Waals surface area contributed by atoms with Gasteiger partial charge in [-0.2, -0.15) is 0 Å². The van der Waals surface area contributed by atoms with E-state index in [9.17, 15) is 0 Å². The zero-order valence-electron chi connectivity index (χ0n) is 8.24. The number of hydrogen-bond acceptors (Lipinski definition) is 1. The van der Waals surface area contributed by atoms with Crippen LogP contribution < -0.4 is 0 Å². The van der Waals surface area contributed by atoms with Crippen LogP contribution in [0.5, 0.6) is 0 Å². The Morgan fingerprint density at radius 3 is 2.47 bits per heavy atom. The molecule has 1 nitrogen and oxygen atoms in total. The van der Waals surface area contributed by atoms with E-state index in [0.29, 0.717) is 0 Å². The van der Waals surface area contributed by atoms with Crippen molar-refractivity contribution < 1.29 is 0 Å². The van der Waals surface area contributed by atoms with Gasteiger partial charge in [-0.05, 0) is 37.1 Å². The molecule has 0 atom stereocenters. The predicted molar refractivity (Wildman–Crippen MR) is 65.8 cm³/mol. The van der Waals surface area contributed by atoms with Crippen LogP contribution in [-0.2, 0) is 0 Å². The van der Waals surface area contributed by atoms with Gasteiger partial charge in [-0.25, -0.2) is 0 Å². The van der Waals surface area contributed by atoms with Gasteiger partial charge in [0.1, 0.15) is 0 Å². The molecule has 1 aromatic rings. The van der Waals surface area contributed by atoms with Crippen LogP contribution in [0.3, 0.4) is 0 Å². The summed E-state index contributed by atoms with van der Waals surface area (Å²) in [4.78, 5) is 2.50. The van der Waals surface area contributed by atoms with E-state index in [1.165, 1.54) is 43.1 Å². The molecule has 1 aromatic carbocycles. The van der Waals surface area contributed by atoms with Crippen LogP contribution in [0.15, 0.2) is 30.3 Å². The van der Waals surface area contributed by atoms with E-state index in [2.05, 4.69) is 41.3 Å². The van der Waals surface area contributed by atoms with Crippen molar-refractivity contribution in [2.24, 2.45) is 0 Å². The normalized spacial score (nSPS) is 20.3.